The second kappa shape index (κ2) is 9.42. The number of nitrogens with zero attached hydrogens (tertiary/aromatic N) is 4. The first-order chi connectivity index (χ1) is 17.0. The first-order valence-corrected chi connectivity index (χ1v) is 13.2. The molecule has 8 nitrogen and oxygen atoms in total. The standard InChI is InChI=1S/C25H32F2N6O2S/c1-11(2)10-29-24-30-12(3)17(23-32-19-16(36-23)7-8-28-18(19)13-5-6-13)22(33-24)31-15-9-14(25(4,26)27)20(34)21(15)35/h7-8,11,13-15,20-21,34-35H,5-6,9-10H2,1-4H3,(H2,29,30,31,33)/t14-,15+,20+,21-/m0/s1. The molecule has 2 fully saturated rings. The molecule has 0 aliphatic heterocycles. The zero-order valence-electron chi connectivity index (χ0n) is 20.8. The third kappa shape index (κ3) is 4.88. The first-order valence-electron chi connectivity index (χ1n) is 12.4. The lowest BCUT2D eigenvalue weighted by Crippen LogP contribution is -2.38. The van der Waals surface area contributed by atoms with E-state index in [1.807, 2.05) is 13.0 Å². The predicted molar refractivity (Wildman–Crippen MR) is 137 cm³/mol. The Kier molecular flexibility index (Phi) is 6.59. The van der Waals surface area contributed by atoms with Gasteiger partial charge in [0.25, 0.3) is 5.92 Å². The van der Waals surface area contributed by atoms with E-state index in [9.17, 15) is 19.0 Å². The van der Waals surface area contributed by atoms with Crippen LogP contribution in [0.15, 0.2) is 12.3 Å². The third-order valence-electron chi connectivity index (χ3n) is 6.93. The van der Waals surface area contributed by atoms with Crippen LogP contribution in [-0.4, -0.2) is 60.9 Å². The Morgan fingerprint density at radius 3 is 2.56 bits per heavy atom. The Morgan fingerprint density at radius 1 is 1.17 bits per heavy atom. The molecule has 5 rings (SSSR count). The molecule has 0 radical (unpaired) electrons. The molecule has 4 N–H and O–H groups in total. The van der Waals surface area contributed by atoms with Crippen molar-refractivity contribution in [3.05, 3.63) is 23.7 Å². The molecule has 194 valence electrons. The zero-order chi connectivity index (χ0) is 25.8. The van der Waals surface area contributed by atoms with Crippen molar-refractivity contribution in [2.45, 2.75) is 77.0 Å². The molecule has 3 heterocycles. The lowest BCUT2D eigenvalue weighted by molar-refractivity contribution is -0.0950. The minimum Gasteiger partial charge on any atom is -0.390 e. The quantitative estimate of drug-likeness (QED) is 0.343. The molecule has 2 aliphatic rings. The number of alkyl halides is 2. The van der Waals surface area contributed by atoms with Gasteiger partial charge in [-0.3, -0.25) is 4.98 Å². The van der Waals surface area contributed by atoms with Crippen LogP contribution in [0.25, 0.3) is 20.8 Å². The predicted octanol–water partition coefficient (Wildman–Crippen LogP) is 4.58. The number of halogens is 2. The van der Waals surface area contributed by atoms with Crippen LogP contribution in [-0.2, 0) is 0 Å². The Hall–Kier alpha value is -2.50. The number of rotatable bonds is 8. The van der Waals surface area contributed by atoms with Gasteiger partial charge in [0.2, 0.25) is 5.95 Å². The van der Waals surface area contributed by atoms with E-state index in [1.165, 1.54) is 11.3 Å². The van der Waals surface area contributed by atoms with Crippen molar-refractivity contribution in [2.24, 2.45) is 11.8 Å². The fourth-order valence-electron chi connectivity index (χ4n) is 4.80. The number of hydrogen-bond donors (Lipinski definition) is 4. The molecular weight excluding hydrogens is 486 g/mol. The maximum atomic E-state index is 14.1. The van der Waals surface area contributed by atoms with Crippen LogP contribution in [0.2, 0.25) is 0 Å². The molecule has 2 aliphatic carbocycles. The van der Waals surface area contributed by atoms with Crippen molar-refractivity contribution in [2.75, 3.05) is 17.2 Å². The van der Waals surface area contributed by atoms with Crippen LogP contribution >= 0.6 is 11.3 Å². The van der Waals surface area contributed by atoms with Crippen LogP contribution in [0.1, 0.15) is 57.3 Å². The lowest BCUT2D eigenvalue weighted by atomic mass is 9.98. The maximum Gasteiger partial charge on any atom is 0.250 e. The molecule has 0 amide bonds. The average Bonchev–Trinajstić information content (AvgIpc) is 3.49. The maximum absolute atomic E-state index is 14.1. The van der Waals surface area contributed by atoms with Gasteiger partial charge < -0.3 is 20.8 Å². The molecule has 11 heteroatoms. The number of nitrogens with one attached hydrogen (secondary N) is 2. The summed E-state index contributed by atoms with van der Waals surface area (Å²) in [6.45, 7) is 7.43. The molecule has 0 saturated heterocycles. The summed E-state index contributed by atoms with van der Waals surface area (Å²) in [4.78, 5) is 18.8. The van der Waals surface area contributed by atoms with E-state index < -0.39 is 30.1 Å². The first kappa shape index (κ1) is 25.2. The van der Waals surface area contributed by atoms with E-state index in [-0.39, 0.29) is 6.42 Å². The molecule has 0 unspecified atom stereocenters. The van der Waals surface area contributed by atoms with E-state index in [4.69, 9.17) is 4.98 Å². The number of anilines is 2. The third-order valence-corrected chi connectivity index (χ3v) is 7.97. The van der Waals surface area contributed by atoms with Gasteiger partial charge in [0.1, 0.15) is 22.4 Å². The van der Waals surface area contributed by atoms with Crippen molar-refractivity contribution in [1.82, 2.24) is 19.9 Å². The minimum atomic E-state index is -3.12. The second-order valence-corrected chi connectivity index (χ2v) is 11.5. The number of aryl methyl sites for hydroxylation is 1. The summed E-state index contributed by atoms with van der Waals surface area (Å²) in [7, 11) is 0. The summed E-state index contributed by atoms with van der Waals surface area (Å²) in [6, 6.07) is 1.13. The highest BCUT2D eigenvalue weighted by atomic mass is 32.1. The van der Waals surface area contributed by atoms with Crippen molar-refractivity contribution in [3.8, 4) is 10.6 Å². The van der Waals surface area contributed by atoms with E-state index in [0.717, 1.165) is 35.7 Å². The number of aliphatic hydroxyl groups excluding tert-OH is 2. The molecule has 0 bridgehead atoms. The molecule has 0 spiro atoms. The summed E-state index contributed by atoms with van der Waals surface area (Å²) >= 11 is 1.50. The smallest absolute Gasteiger partial charge is 0.250 e. The summed E-state index contributed by atoms with van der Waals surface area (Å²) in [6.07, 6.45) is 1.02. The van der Waals surface area contributed by atoms with Crippen LogP contribution in [0.3, 0.4) is 0 Å². The Bertz CT molecular complexity index is 1260. The Morgan fingerprint density at radius 2 is 1.92 bits per heavy atom. The number of fused-ring (bicyclic) bond motifs is 1. The summed E-state index contributed by atoms with van der Waals surface area (Å²) in [5.74, 6) is -2.88. The summed E-state index contributed by atoms with van der Waals surface area (Å²) < 4.78 is 29.2. The molecule has 0 aromatic carbocycles. The van der Waals surface area contributed by atoms with Crippen molar-refractivity contribution < 1.29 is 19.0 Å². The van der Waals surface area contributed by atoms with Gasteiger partial charge in [0.15, 0.2) is 0 Å². The van der Waals surface area contributed by atoms with E-state index in [2.05, 4.69) is 39.4 Å². The number of aliphatic hydroxyl groups is 2. The molecule has 2 saturated carbocycles. The highest BCUT2D eigenvalue weighted by Crippen LogP contribution is 2.45. The molecule has 36 heavy (non-hydrogen) atoms. The number of hydrogen-bond acceptors (Lipinski definition) is 9. The molecule has 4 atom stereocenters. The van der Waals surface area contributed by atoms with Crippen molar-refractivity contribution in [1.29, 1.82) is 0 Å². The molecule has 3 aromatic heterocycles. The highest BCUT2D eigenvalue weighted by molar-refractivity contribution is 7.21. The number of thiazole rings is 1. The van der Waals surface area contributed by atoms with Gasteiger partial charge in [0, 0.05) is 18.7 Å². The fraction of sp³-hybridized carbons (Fsp3) is 0.600. The highest BCUT2D eigenvalue weighted by Gasteiger charge is 2.51. The Balaban J connectivity index is 1.55. The van der Waals surface area contributed by atoms with Gasteiger partial charge >= 0.3 is 0 Å². The van der Waals surface area contributed by atoms with Crippen molar-refractivity contribution in [3.63, 3.8) is 0 Å². The largest absolute Gasteiger partial charge is 0.390 e. The second-order valence-electron chi connectivity index (χ2n) is 10.5. The summed E-state index contributed by atoms with van der Waals surface area (Å²) in [5, 5.41) is 28.0. The molecule has 3 aromatic rings. The van der Waals surface area contributed by atoms with Gasteiger partial charge in [-0.05, 0) is 45.1 Å². The van der Waals surface area contributed by atoms with Crippen LogP contribution in [0.4, 0.5) is 20.5 Å². The SMILES string of the molecule is Cc1nc(NCC(C)C)nc(N[C@@H]2C[C@H](C(C)(F)F)[C@@H](O)[C@H]2O)c1-c1nc2c(C3CC3)nccc2s1. The monoisotopic (exact) mass is 518 g/mol. The van der Waals surface area contributed by atoms with Crippen LogP contribution in [0.5, 0.6) is 0 Å². The van der Waals surface area contributed by atoms with Gasteiger partial charge in [-0.15, -0.1) is 11.3 Å². The van der Waals surface area contributed by atoms with E-state index in [1.54, 1.807) is 6.20 Å². The fourth-order valence-corrected chi connectivity index (χ4v) is 5.87. The van der Waals surface area contributed by atoms with Crippen molar-refractivity contribution >= 4 is 33.3 Å². The molecular formula is C25H32F2N6O2S. The Labute approximate surface area is 212 Å². The minimum absolute atomic E-state index is 0.0985. The van der Waals surface area contributed by atoms with Gasteiger partial charge in [-0.2, -0.15) is 4.98 Å². The van der Waals surface area contributed by atoms with E-state index in [0.29, 0.717) is 46.4 Å². The number of aromatic nitrogens is 4. The number of pyridine rings is 1. The van der Waals surface area contributed by atoms with Gasteiger partial charge in [-0.1, -0.05) is 13.8 Å². The average molecular weight is 519 g/mol. The summed E-state index contributed by atoms with van der Waals surface area (Å²) in [5.41, 5.74) is 3.20. The lowest BCUT2D eigenvalue weighted by Gasteiger charge is -2.22. The van der Waals surface area contributed by atoms with Crippen LogP contribution < -0.4 is 10.6 Å². The normalized spacial score (nSPS) is 24.6. The van der Waals surface area contributed by atoms with E-state index >= 15 is 0 Å². The van der Waals surface area contributed by atoms with Gasteiger partial charge in [0.05, 0.1) is 39.7 Å². The topological polar surface area (TPSA) is 116 Å². The van der Waals surface area contributed by atoms with Gasteiger partial charge in [-0.25, -0.2) is 18.7 Å². The zero-order valence-corrected chi connectivity index (χ0v) is 21.6. The van der Waals surface area contributed by atoms with Crippen LogP contribution in [0, 0.1) is 18.8 Å².